The van der Waals surface area contributed by atoms with E-state index >= 15 is 0 Å². The molecule has 2 aliphatic rings. The number of fused-ring (bicyclic) bond motifs is 1. The molecule has 0 saturated heterocycles. The lowest BCUT2D eigenvalue weighted by molar-refractivity contribution is -0.118. The number of aromatic nitrogens is 2. The molecular weight excluding hydrogens is 354 g/mol. The van der Waals surface area contributed by atoms with Crippen LogP contribution in [0, 0.1) is 5.41 Å². The molecule has 2 aromatic heterocycles. The Morgan fingerprint density at radius 3 is 2.68 bits per heavy atom. The van der Waals surface area contributed by atoms with E-state index in [9.17, 15) is 9.90 Å². The van der Waals surface area contributed by atoms with Gasteiger partial charge in [0.1, 0.15) is 5.76 Å². The number of benzene rings is 1. The van der Waals surface area contributed by atoms with Crippen molar-refractivity contribution in [3.05, 3.63) is 71.3 Å². The summed E-state index contributed by atoms with van der Waals surface area (Å²) in [7, 11) is 0. The Balaban J connectivity index is 1.73. The Morgan fingerprint density at radius 2 is 1.96 bits per heavy atom. The first-order valence-electron chi connectivity index (χ1n) is 9.38. The number of hydrogen-bond donors (Lipinski definition) is 2. The molecule has 6 heteroatoms. The highest BCUT2D eigenvalue weighted by atomic mass is 16.3. The first-order valence-corrected chi connectivity index (χ1v) is 9.38. The number of carbonyl (C=O) groups excluding carboxylic acids is 1. The summed E-state index contributed by atoms with van der Waals surface area (Å²) in [6.45, 7) is 4.18. The molecule has 3 heterocycles. The van der Waals surface area contributed by atoms with Crippen molar-refractivity contribution in [3.8, 4) is 11.6 Å². The maximum absolute atomic E-state index is 13.1. The summed E-state index contributed by atoms with van der Waals surface area (Å²) < 4.78 is 7.19. The van der Waals surface area contributed by atoms with Crippen LogP contribution in [-0.4, -0.2) is 20.7 Å². The van der Waals surface area contributed by atoms with Crippen molar-refractivity contribution in [3.63, 3.8) is 0 Å². The molecule has 6 nitrogen and oxygen atoms in total. The third-order valence-corrected chi connectivity index (χ3v) is 5.49. The molecule has 1 aliphatic carbocycles. The van der Waals surface area contributed by atoms with E-state index in [-0.39, 0.29) is 17.1 Å². The molecular formula is C22H21N3O3. The van der Waals surface area contributed by atoms with Crippen LogP contribution in [0.1, 0.15) is 43.9 Å². The molecule has 0 spiro atoms. The summed E-state index contributed by atoms with van der Waals surface area (Å²) in [6, 6.07) is 13.1. The van der Waals surface area contributed by atoms with Crippen LogP contribution < -0.4 is 5.32 Å². The predicted octanol–water partition coefficient (Wildman–Crippen LogP) is 4.37. The number of allylic oxidation sites excluding steroid dienone is 2. The average molecular weight is 375 g/mol. The van der Waals surface area contributed by atoms with E-state index < -0.39 is 5.92 Å². The fraction of sp³-hybridized carbons (Fsp3) is 0.273. The first-order chi connectivity index (χ1) is 13.4. The lowest BCUT2D eigenvalue weighted by atomic mass is 9.70. The number of hydrogen-bond acceptors (Lipinski definition) is 5. The zero-order valence-corrected chi connectivity index (χ0v) is 15.8. The van der Waals surface area contributed by atoms with Gasteiger partial charge in [0, 0.05) is 17.7 Å². The van der Waals surface area contributed by atoms with Crippen LogP contribution >= 0.6 is 0 Å². The van der Waals surface area contributed by atoms with Gasteiger partial charge >= 0.3 is 0 Å². The van der Waals surface area contributed by atoms with Crippen LogP contribution in [0.2, 0.25) is 0 Å². The Kier molecular flexibility index (Phi) is 3.53. The second-order valence-corrected chi connectivity index (χ2v) is 8.24. The molecule has 5 rings (SSSR count). The zero-order chi connectivity index (χ0) is 19.5. The minimum atomic E-state index is -0.470. The van der Waals surface area contributed by atoms with Crippen molar-refractivity contribution in [2.45, 2.75) is 32.6 Å². The van der Waals surface area contributed by atoms with E-state index in [0.29, 0.717) is 29.1 Å². The third-order valence-electron chi connectivity index (χ3n) is 5.49. The fourth-order valence-electron chi connectivity index (χ4n) is 4.34. The maximum Gasteiger partial charge on any atom is 0.220 e. The van der Waals surface area contributed by atoms with Crippen LogP contribution in [0.15, 0.2) is 64.4 Å². The van der Waals surface area contributed by atoms with Gasteiger partial charge in [0.15, 0.2) is 11.6 Å². The second kappa shape index (κ2) is 5.86. The Bertz CT molecular complexity index is 1090. The number of Topliss-reactive ketones (excluding diaryl/α,β-unsaturated/α-hetero) is 1. The summed E-state index contributed by atoms with van der Waals surface area (Å²) >= 11 is 0. The SMILES string of the molecule is CC1(C)CC(=O)C2=C(C1)Nc1nn(-c3ccccc3)c(O)c1[C@@H]2c1ccco1. The molecule has 0 fully saturated rings. The summed E-state index contributed by atoms with van der Waals surface area (Å²) in [5, 5.41) is 19.0. The van der Waals surface area contributed by atoms with Crippen LogP contribution in [-0.2, 0) is 4.79 Å². The molecule has 0 radical (unpaired) electrons. The Hall–Kier alpha value is -3.28. The van der Waals surface area contributed by atoms with Crippen LogP contribution in [0.25, 0.3) is 5.69 Å². The van der Waals surface area contributed by atoms with E-state index in [0.717, 1.165) is 17.8 Å². The highest BCUT2D eigenvalue weighted by molar-refractivity contribution is 6.01. The molecule has 1 aromatic carbocycles. The number of furan rings is 1. The molecule has 0 amide bonds. The van der Waals surface area contributed by atoms with Gasteiger partial charge in [-0.25, -0.2) is 0 Å². The minimum absolute atomic E-state index is 0.0132. The number of para-hydroxylation sites is 1. The van der Waals surface area contributed by atoms with E-state index in [2.05, 4.69) is 24.3 Å². The topological polar surface area (TPSA) is 80.3 Å². The maximum atomic E-state index is 13.1. The van der Waals surface area contributed by atoms with Crippen LogP contribution in [0.4, 0.5) is 5.82 Å². The van der Waals surface area contributed by atoms with Gasteiger partial charge in [-0.1, -0.05) is 32.0 Å². The van der Waals surface area contributed by atoms with E-state index in [4.69, 9.17) is 4.42 Å². The lowest BCUT2D eigenvalue weighted by Gasteiger charge is -2.37. The van der Waals surface area contributed by atoms with Gasteiger partial charge in [-0.3, -0.25) is 4.79 Å². The highest BCUT2D eigenvalue weighted by Gasteiger charge is 2.44. The largest absolute Gasteiger partial charge is 0.493 e. The third kappa shape index (κ3) is 2.48. The Morgan fingerprint density at radius 1 is 1.18 bits per heavy atom. The van der Waals surface area contributed by atoms with Gasteiger partial charge in [0.2, 0.25) is 5.88 Å². The fourth-order valence-corrected chi connectivity index (χ4v) is 4.34. The number of anilines is 1. The summed E-state index contributed by atoms with van der Waals surface area (Å²) in [5.74, 6) is 0.817. The molecule has 0 unspecified atom stereocenters. The van der Waals surface area contributed by atoms with Gasteiger partial charge in [-0.2, -0.15) is 4.68 Å². The van der Waals surface area contributed by atoms with Crippen molar-refractivity contribution in [1.82, 2.24) is 9.78 Å². The number of aromatic hydroxyl groups is 1. The quantitative estimate of drug-likeness (QED) is 0.695. The van der Waals surface area contributed by atoms with E-state index in [1.54, 1.807) is 12.3 Å². The molecule has 28 heavy (non-hydrogen) atoms. The number of nitrogens with one attached hydrogen (secondary N) is 1. The van der Waals surface area contributed by atoms with Crippen LogP contribution in [0.5, 0.6) is 5.88 Å². The molecule has 2 N–H and O–H groups in total. The van der Waals surface area contributed by atoms with Crippen molar-refractivity contribution in [2.24, 2.45) is 5.41 Å². The minimum Gasteiger partial charge on any atom is -0.493 e. The Labute approximate surface area is 162 Å². The smallest absolute Gasteiger partial charge is 0.220 e. The number of rotatable bonds is 2. The molecule has 1 aliphatic heterocycles. The monoisotopic (exact) mass is 375 g/mol. The molecule has 142 valence electrons. The average Bonchev–Trinajstić information content (AvgIpc) is 3.28. The first kappa shape index (κ1) is 16.9. The highest BCUT2D eigenvalue weighted by Crippen LogP contribution is 2.51. The van der Waals surface area contributed by atoms with Gasteiger partial charge in [-0.05, 0) is 36.1 Å². The van der Waals surface area contributed by atoms with E-state index in [1.807, 2.05) is 36.4 Å². The summed E-state index contributed by atoms with van der Waals surface area (Å²) in [6.07, 6.45) is 2.80. The standard InChI is InChI=1S/C22H21N3O3/c1-22(2)11-14-17(15(26)12-22)18(16-9-6-10-28-16)19-20(23-14)24-25(21(19)27)13-7-4-3-5-8-13/h3-10,18,27H,11-12H2,1-2H3,(H,23,24)/t18-/m1/s1. The van der Waals surface area contributed by atoms with Gasteiger partial charge in [-0.15, -0.1) is 5.10 Å². The van der Waals surface area contributed by atoms with Crippen molar-refractivity contribution >= 4 is 11.6 Å². The zero-order valence-electron chi connectivity index (χ0n) is 15.8. The number of ketones is 1. The van der Waals surface area contributed by atoms with Gasteiger partial charge < -0.3 is 14.8 Å². The van der Waals surface area contributed by atoms with Crippen molar-refractivity contribution in [2.75, 3.05) is 5.32 Å². The lowest BCUT2D eigenvalue weighted by Crippen LogP contribution is -2.33. The number of nitrogens with zero attached hydrogens (tertiary/aromatic N) is 2. The molecule has 3 aromatic rings. The van der Waals surface area contributed by atoms with Crippen molar-refractivity contribution in [1.29, 1.82) is 0 Å². The van der Waals surface area contributed by atoms with Crippen LogP contribution in [0.3, 0.4) is 0 Å². The molecule has 1 atom stereocenters. The normalized spacial score (nSPS) is 20.5. The van der Waals surface area contributed by atoms with Crippen molar-refractivity contribution < 1.29 is 14.3 Å². The molecule has 0 saturated carbocycles. The van der Waals surface area contributed by atoms with Gasteiger partial charge in [0.25, 0.3) is 0 Å². The summed E-state index contributed by atoms with van der Waals surface area (Å²) in [4.78, 5) is 13.1. The summed E-state index contributed by atoms with van der Waals surface area (Å²) in [5.41, 5.74) is 2.74. The van der Waals surface area contributed by atoms with Gasteiger partial charge in [0.05, 0.1) is 23.4 Å². The molecule has 0 bridgehead atoms. The number of carbonyl (C=O) groups is 1. The predicted molar refractivity (Wildman–Crippen MR) is 104 cm³/mol. The van der Waals surface area contributed by atoms with E-state index in [1.165, 1.54) is 4.68 Å². The second-order valence-electron chi connectivity index (χ2n) is 8.24.